The van der Waals surface area contributed by atoms with Crippen molar-refractivity contribution in [2.45, 2.75) is 20.4 Å². The molecule has 2 aromatic rings. The van der Waals surface area contributed by atoms with Crippen LogP contribution >= 0.6 is 0 Å². The fourth-order valence-electron chi connectivity index (χ4n) is 1.37. The highest BCUT2D eigenvalue weighted by atomic mass is 16.1. The first-order chi connectivity index (χ1) is 8.86. The van der Waals surface area contributed by atoms with E-state index in [9.17, 15) is 4.79 Å². The highest BCUT2D eigenvalue weighted by Gasteiger charge is 2.02. The maximum Gasteiger partial charge on any atom is 0.251 e. The minimum Gasteiger partial charge on any atom is -0.348 e. The molecule has 0 fully saturated rings. The van der Waals surface area contributed by atoms with E-state index < -0.39 is 0 Å². The number of carbonyl (C=O) groups is 1. The molecule has 1 heterocycles. The molecule has 0 radical (unpaired) electrons. The van der Waals surface area contributed by atoms with Crippen molar-refractivity contribution in [1.29, 1.82) is 0 Å². The molecule has 1 aromatic carbocycles. The van der Waals surface area contributed by atoms with Crippen LogP contribution in [0.2, 0.25) is 0 Å². The molecule has 0 bridgehead atoms. The third kappa shape index (κ3) is 4.37. The van der Waals surface area contributed by atoms with Crippen molar-refractivity contribution in [3.63, 3.8) is 0 Å². The molecule has 0 aliphatic carbocycles. The minimum atomic E-state index is -0.0580. The van der Waals surface area contributed by atoms with Crippen molar-refractivity contribution in [3.8, 4) is 0 Å². The van der Waals surface area contributed by atoms with Gasteiger partial charge in [0.2, 0.25) is 0 Å². The van der Waals surface area contributed by atoms with Crippen LogP contribution in [-0.2, 0) is 6.54 Å². The molecular weight excluding hydrogens is 224 g/mol. The minimum absolute atomic E-state index is 0.0580. The molecular formula is C15H18N2O. The molecule has 3 nitrogen and oxygen atoms in total. The fourth-order valence-corrected chi connectivity index (χ4v) is 1.37. The van der Waals surface area contributed by atoms with Crippen molar-refractivity contribution < 1.29 is 4.79 Å². The third-order valence-electron chi connectivity index (χ3n) is 2.24. The Kier molecular flexibility index (Phi) is 6.19. The van der Waals surface area contributed by atoms with Crippen LogP contribution in [-0.4, -0.2) is 10.9 Å². The van der Waals surface area contributed by atoms with Gasteiger partial charge in [-0.2, -0.15) is 0 Å². The first-order valence-corrected chi connectivity index (χ1v) is 6.08. The number of nitrogens with zero attached hydrogens (tertiary/aromatic N) is 1. The number of benzene rings is 1. The molecule has 2 rings (SSSR count). The summed E-state index contributed by atoms with van der Waals surface area (Å²) in [5, 5.41) is 2.85. The number of amides is 1. The van der Waals surface area contributed by atoms with Gasteiger partial charge in [0.15, 0.2) is 0 Å². The molecule has 1 amide bonds. The van der Waals surface area contributed by atoms with Crippen molar-refractivity contribution in [1.82, 2.24) is 10.3 Å². The van der Waals surface area contributed by atoms with Gasteiger partial charge < -0.3 is 5.32 Å². The molecule has 0 aliphatic rings. The van der Waals surface area contributed by atoms with Gasteiger partial charge in [-0.1, -0.05) is 32.0 Å². The summed E-state index contributed by atoms with van der Waals surface area (Å²) in [6.07, 6.45) is 3.42. The highest BCUT2D eigenvalue weighted by molar-refractivity contribution is 5.94. The number of carbonyl (C=O) groups excluding carboxylic acids is 1. The van der Waals surface area contributed by atoms with Crippen molar-refractivity contribution in [3.05, 3.63) is 66.0 Å². The van der Waals surface area contributed by atoms with Gasteiger partial charge in [-0.15, -0.1) is 0 Å². The summed E-state index contributed by atoms with van der Waals surface area (Å²) < 4.78 is 0. The summed E-state index contributed by atoms with van der Waals surface area (Å²) in [4.78, 5) is 15.6. The Bertz CT molecular complexity index is 454. The van der Waals surface area contributed by atoms with Crippen LogP contribution in [0.4, 0.5) is 0 Å². The molecule has 0 saturated heterocycles. The Morgan fingerprint density at radius 1 is 1.06 bits per heavy atom. The van der Waals surface area contributed by atoms with Crippen LogP contribution in [0.3, 0.4) is 0 Å². The molecule has 3 heteroatoms. The lowest BCUT2D eigenvalue weighted by atomic mass is 10.2. The zero-order valence-electron chi connectivity index (χ0n) is 10.8. The van der Waals surface area contributed by atoms with E-state index in [0.29, 0.717) is 12.1 Å². The molecule has 0 saturated carbocycles. The highest BCUT2D eigenvalue weighted by Crippen LogP contribution is 2.00. The molecule has 18 heavy (non-hydrogen) atoms. The summed E-state index contributed by atoms with van der Waals surface area (Å²) in [5.41, 5.74) is 1.72. The predicted octanol–water partition coefficient (Wildman–Crippen LogP) is 3.04. The third-order valence-corrected chi connectivity index (χ3v) is 2.24. The number of nitrogens with one attached hydrogen (secondary N) is 1. The van der Waals surface area contributed by atoms with E-state index in [1.165, 1.54) is 0 Å². The van der Waals surface area contributed by atoms with Gasteiger partial charge in [0.25, 0.3) is 5.91 Å². The normalized spacial score (nSPS) is 9.00. The molecule has 0 aliphatic heterocycles. The maximum atomic E-state index is 11.7. The Hall–Kier alpha value is -2.16. The Morgan fingerprint density at radius 2 is 1.67 bits per heavy atom. The van der Waals surface area contributed by atoms with Gasteiger partial charge in [0.05, 0.1) is 0 Å². The molecule has 0 unspecified atom stereocenters. The number of rotatable bonds is 3. The predicted molar refractivity (Wildman–Crippen MR) is 73.2 cm³/mol. The van der Waals surface area contributed by atoms with E-state index in [4.69, 9.17) is 0 Å². The molecule has 0 atom stereocenters. The second-order valence-corrected chi connectivity index (χ2v) is 3.40. The van der Waals surface area contributed by atoms with Gasteiger partial charge in [0.1, 0.15) is 0 Å². The quantitative estimate of drug-likeness (QED) is 0.898. The fraction of sp³-hybridized carbons (Fsp3) is 0.200. The first-order valence-electron chi connectivity index (χ1n) is 6.08. The number of hydrogen-bond donors (Lipinski definition) is 1. The average molecular weight is 242 g/mol. The van der Waals surface area contributed by atoms with Crippen LogP contribution in [0.1, 0.15) is 29.8 Å². The first kappa shape index (κ1) is 13.9. The zero-order chi connectivity index (χ0) is 13.2. The summed E-state index contributed by atoms with van der Waals surface area (Å²) in [5.74, 6) is -0.0580. The van der Waals surface area contributed by atoms with Gasteiger partial charge in [-0.25, -0.2) is 0 Å². The van der Waals surface area contributed by atoms with E-state index in [1.54, 1.807) is 24.5 Å². The lowest BCUT2D eigenvalue weighted by molar-refractivity contribution is 0.0951. The lowest BCUT2D eigenvalue weighted by Gasteiger charge is -2.04. The summed E-state index contributed by atoms with van der Waals surface area (Å²) >= 11 is 0. The smallest absolute Gasteiger partial charge is 0.251 e. The van der Waals surface area contributed by atoms with Crippen molar-refractivity contribution >= 4 is 5.91 Å². The van der Waals surface area contributed by atoms with E-state index in [1.807, 2.05) is 44.2 Å². The van der Waals surface area contributed by atoms with E-state index >= 15 is 0 Å². The van der Waals surface area contributed by atoms with Crippen LogP contribution in [0.15, 0.2) is 54.9 Å². The SMILES string of the molecule is CC.O=C(NCc1ccncc1)c1ccccc1. The summed E-state index contributed by atoms with van der Waals surface area (Å²) in [6.45, 7) is 4.52. The van der Waals surface area contributed by atoms with Crippen LogP contribution in [0, 0.1) is 0 Å². The second-order valence-electron chi connectivity index (χ2n) is 3.40. The van der Waals surface area contributed by atoms with Gasteiger partial charge in [-0.05, 0) is 29.8 Å². The van der Waals surface area contributed by atoms with Crippen LogP contribution in [0.25, 0.3) is 0 Å². The number of hydrogen-bond acceptors (Lipinski definition) is 2. The van der Waals surface area contributed by atoms with E-state index in [0.717, 1.165) is 5.56 Å². The molecule has 0 spiro atoms. The lowest BCUT2D eigenvalue weighted by Crippen LogP contribution is -2.22. The Balaban J connectivity index is 0.000000771. The van der Waals surface area contributed by atoms with Gasteiger partial charge >= 0.3 is 0 Å². The molecule has 94 valence electrons. The van der Waals surface area contributed by atoms with Crippen molar-refractivity contribution in [2.75, 3.05) is 0 Å². The Labute approximate surface area is 108 Å². The van der Waals surface area contributed by atoms with Gasteiger partial charge in [0, 0.05) is 24.5 Å². The topological polar surface area (TPSA) is 42.0 Å². The monoisotopic (exact) mass is 242 g/mol. The van der Waals surface area contributed by atoms with E-state index in [-0.39, 0.29) is 5.91 Å². The Morgan fingerprint density at radius 3 is 2.28 bits per heavy atom. The van der Waals surface area contributed by atoms with Crippen LogP contribution in [0.5, 0.6) is 0 Å². The van der Waals surface area contributed by atoms with Crippen molar-refractivity contribution in [2.24, 2.45) is 0 Å². The largest absolute Gasteiger partial charge is 0.348 e. The average Bonchev–Trinajstić information content (AvgIpc) is 2.49. The second kappa shape index (κ2) is 8.01. The summed E-state index contributed by atoms with van der Waals surface area (Å²) in [7, 11) is 0. The van der Waals surface area contributed by atoms with Crippen LogP contribution < -0.4 is 5.32 Å². The standard InChI is InChI=1S/C13H12N2O.C2H6/c16-13(12-4-2-1-3-5-12)15-10-11-6-8-14-9-7-11;1-2/h1-9H,10H2,(H,15,16);1-2H3. The molecule has 1 N–H and O–H groups in total. The zero-order valence-corrected chi connectivity index (χ0v) is 10.8. The summed E-state index contributed by atoms with van der Waals surface area (Å²) in [6, 6.07) is 12.9. The van der Waals surface area contributed by atoms with Gasteiger partial charge in [-0.3, -0.25) is 9.78 Å². The molecule has 1 aromatic heterocycles. The maximum absolute atomic E-state index is 11.7. The van der Waals surface area contributed by atoms with E-state index in [2.05, 4.69) is 10.3 Å². The number of pyridine rings is 1. The number of aromatic nitrogens is 1.